The maximum absolute atomic E-state index is 10.7. The maximum Gasteiger partial charge on any atom is 0.317 e. The number of nitrogens with one attached hydrogen (secondary N) is 1. The molecule has 3 N–H and O–H groups in total. The molecule has 112 valence electrons. The van der Waals surface area contributed by atoms with Crippen LogP contribution in [0.1, 0.15) is 31.1 Å². The van der Waals surface area contributed by atoms with Crippen LogP contribution < -0.4 is 10.1 Å². The second kappa shape index (κ2) is 7.26. The highest BCUT2D eigenvalue weighted by molar-refractivity contribution is 5.69. The largest absolute Gasteiger partial charge is 0.496 e. The fourth-order valence-electron chi connectivity index (χ4n) is 2.21. The van der Waals surface area contributed by atoms with Gasteiger partial charge in [-0.2, -0.15) is 0 Å². The molecule has 0 radical (unpaired) electrons. The summed E-state index contributed by atoms with van der Waals surface area (Å²) in [5, 5.41) is 22.1. The van der Waals surface area contributed by atoms with E-state index in [2.05, 4.69) is 5.32 Å². The Morgan fingerprint density at radius 2 is 2.05 bits per heavy atom. The molecule has 1 rings (SSSR count). The van der Waals surface area contributed by atoms with Crippen LogP contribution in [0, 0.1) is 12.8 Å². The van der Waals surface area contributed by atoms with Crippen molar-refractivity contribution >= 4 is 5.97 Å². The number of benzene rings is 1. The van der Waals surface area contributed by atoms with Crippen LogP contribution in [0.5, 0.6) is 5.75 Å². The van der Waals surface area contributed by atoms with Gasteiger partial charge in [0.1, 0.15) is 5.75 Å². The van der Waals surface area contributed by atoms with Crippen molar-refractivity contribution < 1.29 is 19.7 Å². The molecule has 0 saturated heterocycles. The first-order valence-corrected chi connectivity index (χ1v) is 6.64. The molecule has 0 aliphatic carbocycles. The number of hydrogen-bond donors (Lipinski definition) is 3. The molecule has 0 heterocycles. The minimum atomic E-state index is -0.936. The SMILES string of the molecule is COc1ccc(C(O)C(NCC(=O)O)C(C)C)cc1C. The Morgan fingerprint density at radius 1 is 1.40 bits per heavy atom. The number of aryl methyl sites for hydroxylation is 1. The molecule has 2 unspecified atom stereocenters. The van der Waals surface area contributed by atoms with Gasteiger partial charge >= 0.3 is 5.97 Å². The van der Waals surface area contributed by atoms with Crippen molar-refractivity contribution in [2.45, 2.75) is 32.9 Å². The first-order valence-electron chi connectivity index (χ1n) is 6.64. The van der Waals surface area contributed by atoms with Crippen LogP contribution in [0.3, 0.4) is 0 Å². The molecule has 0 amide bonds. The summed E-state index contributed by atoms with van der Waals surface area (Å²) in [4.78, 5) is 10.7. The van der Waals surface area contributed by atoms with Crippen molar-refractivity contribution in [2.75, 3.05) is 13.7 Å². The lowest BCUT2D eigenvalue weighted by atomic mass is 9.92. The van der Waals surface area contributed by atoms with Crippen molar-refractivity contribution in [3.63, 3.8) is 0 Å². The third-order valence-electron chi connectivity index (χ3n) is 3.31. The summed E-state index contributed by atoms with van der Waals surface area (Å²) in [6, 6.07) is 5.15. The van der Waals surface area contributed by atoms with Crippen LogP contribution in [0.15, 0.2) is 18.2 Å². The molecule has 0 aromatic heterocycles. The number of ether oxygens (including phenoxy) is 1. The minimum absolute atomic E-state index is 0.103. The first kappa shape index (κ1) is 16.5. The van der Waals surface area contributed by atoms with Gasteiger partial charge in [0.05, 0.1) is 19.8 Å². The monoisotopic (exact) mass is 281 g/mol. The smallest absolute Gasteiger partial charge is 0.317 e. The van der Waals surface area contributed by atoms with Crippen LogP contribution in [0.4, 0.5) is 0 Å². The van der Waals surface area contributed by atoms with E-state index >= 15 is 0 Å². The molecular weight excluding hydrogens is 258 g/mol. The number of carboxylic acids is 1. The van der Waals surface area contributed by atoms with E-state index in [0.29, 0.717) is 0 Å². The normalized spacial score (nSPS) is 14.1. The van der Waals surface area contributed by atoms with E-state index in [4.69, 9.17) is 9.84 Å². The van der Waals surface area contributed by atoms with Crippen LogP contribution in [0.25, 0.3) is 0 Å². The lowest BCUT2D eigenvalue weighted by molar-refractivity contribution is -0.136. The van der Waals surface area contributed by atoms with Crippen LogP contribution >= 0.6 is 0 Å². The van der Waals surface area contributed by atoms with Crippen molar-refractivity contribution in [2.24, 2.45) is 5.92 Å². The predicted molar refractivity (Wildman–Crippen MR) is 77.0 cm³/mol. The molecule has 0 bridgehead atoms. The number of aliphatic hydroxyl groups excluding tert-OH is 1. The zero-order valence-corrected chi connectivity index (χ0v) is 12.4. The Labute approximate surface area is 119 Å². The van der Waals surface area contributed by atoms with E-state index in [0.717, 1.165) is 16.9 Å². The van der Waals surface area contributed by atoms with Gasteiger partial charge in [0.2, 0.25) is 0 Å². The molecule has 5 heteroatoms. The summed E-state index contributed by atoms with van der Waals surface area (Å²) < 4.78 is 5.19. The highest BCUT2D eigenvalue weighted by Gasteiger charge is 2.24. The third kappa shape index (κ3) is 4.21. The molecule has 2 atom stereocenters. The van der Waals surface area contributed by atoms with Gasteiger partial charge in [0.15, 0.2) is 0 Å². The minimum Gasteiger partial charge on any atom is -0.496 e. The molecular formula is C15H23NO4. The summed E-state index contributed by atoms with van der Waals surface area (Å²) >= 11 is 0. The number of rotatable bonds is 7. The van der Waals surface area contributed by atoms with E-state index in [1.165, 1.54) is 0 Å². The van der Waals surface area contributed by atoms with Gasteiger partial charge in [-0.15, -0.1) is 0 Å². The molecule has 0 aliphatic heterocycles. The van der Waals surface area contributed by atoms with Crippen LogP contribution in [-0.2, 0) is 4.79 Å². The zero-order chi connectivity index (χ0) is 15.3. The Morgan fingerprint density at radius 3 is 2.50 bits per heavy atom. The molecule has 1 aromatic carbocycles. The van der Waals surface area contributed by atoms with Crippen molar-refractivity contribution in [3.8, 4) is 5.75 Å². The summed E-state index contributed by atoms with van der Waals surface area (Å²) in [6.45, 7) is 5.62. The Hall–Kier alpha value is -1.59. The van der Waals surface area contributed by atoms with Gasteiger partial charge in [-0.1, -0.05) is 19.9 Å². The Bertz CT molecular complexity index is 459. The van der Waals surface area contributed by atoms with Gasteiger partial charge in [0, 0.05) is 6.04 Å². The highest BCUT2D eigenvalue weighted by Crippen LogP contribution is 2.26. The van der Waals surface area contributed by atoms with Gasteiger partial charge in [0.25, 0.3) is 0 Å². The van der Waals surface area contributed by atoms with E-state index < -0.39 is 12.1 Å². The molecule has 1 aromatic rings. The van der Waals surface area contributed by atoms with Crippen LogP contribution in [0.2, 0.25) is 0 Å². The fourth-order valence-corrected chi connectivity index (χ4v) is 2.21. The first-order chi connectivity index (χ1) is 9.36. The number of hydrogen-bond acceptors (Lipinski definition) is 4. The summed E-state index contributed by atoms with van der Waals surface area (Å²) in [5.41, 5.74) is 1.68. The van der Waals surface area contributed by atoms with Gasteiger partial charge in [-0.25, -0.2) is 0 Å². The fraction of sp³-hybridized carbons (Fsp3) is 0.533. The topological polar surface area (TPSA) is 78.8 Å². The van der Waals surface area contributed by atoms with Gasteiger partial charge in [-0.3, -0.25) is 4.79 Å². The summed E-state index contributed by atoms with van der Waals surface area (Å²) in [6.07, 6.45) is -0.765. The molecule has 5 nitrogen and oxygen atoms in total. The van der Waals surface area contributed by atoms with Crippen molar-refractivity contribution in [1.29, 1.82) is 0 Å². The highest BCUT2D eigenvalue weighted by atomic mass is 16.5. The number of aliphatic carboxylic acids is 1. The molecule has 0 spiro atoms. The van der Waals surface area contributed by atoms with E-state index in [9.17, 15) is 9.90 Å². The average molecular weight is 281 g/mol. The lowest BCUT2D eigenvalue weighted by Crippen LogP contribution is -2.41. The summed E-state index contributed by atoms with van der Waals surface area (Å²) in [7, 11) is 1.60. The number of carbonyl (C=O) groups is 1. The van der Waals surface area contributed by atoms with Gasteiger partial charge in [-0.05, 0) is 36.1 Å². The van der Waals surface area contributed by atoms with Crippen molar-refractivity contribution in [1.82, 2.24) is 5.32 Å². The predicted octanol–water partition coefficient (Wildman–Crippen LogP) is 1.74. The number of aliphatic hydroxyl groups is 1. The van der Waals surface area contributed by atoms with E-state index in [-0.39, 0.29) is 18.5 Å². The van der Waals surface area contributed by atoms with Gasteiger partial charge < -0.3 is 20.3 Å². The second-order valence-corrected chi connectivity index (χ2v) is 5.22. The second-order valence-electron chi connectivity index (χ2n) is 5.22. The molecule has 0 saturated carbocycles. The maximum atomic E-state index is 10.7. The standard InChI is InChI=1S/C15H23NO4/c1-9(2)14(16-8-13(17)18)15(19)11-5-6-12(20-4)10(3)7-11/h5-7,9,14-16,19H,8H2,1-4H3,(H,17,18). The zero-order valence-electron chi connectivity index (χ0n) is 12.4. The quantitative estimate of drug-likeness (QED) is 0.709. The van der Waals surface area contributed by atoms with Crippen LogP contribution in [-0.4, -0.2) is 35.9 Å². The molecule has 0 aliphatic rings. The van der Waals surface area contributed by atoms with Crippen molar-refractivity contribution in [3.05, 3.63) is 29.3 Å². The molecule has 0 fully saturated rings. The third-order valence-corrected chi connectivity index (χ3v) is 3.31. The average Bonchev–Trinajstić information content (AvgIpc) is 2.37. The number of carboxylic acid groups (broad SMARTS) is 1. The Balaban J connectivity index is 2.91. The van der Waals surface area contributed by atoms with E-state index in [1.54, 1.807) is 13.2 Å². The number of methoxy groups -OCH3 is 1. The molecule has 20 heavy (non-hydrogen) atoms. The lowest BCUT2D eigenvalue weighted by Gasteiger charge is -2.27. The summed E-state index contributed by atoms with van der Waals surface area (Å²) in [5.74, 6) is -0.0685. The Kier molecular flexibility index (Phi) is 5.98. The van der Waals surface area contributed by atoms with E-state index in [1.807, 2.05) is 32.9 Å².